The van der Waals surface area contributed by atoms with Crippen LogP contribution in [-0.2, 0) is 0 Å². The van der Waals surface area contributed by atoms with Crippen molar-refractivity contribution in [1.82, 2.24) is 4.98 Å². The molecule has 0 atom stereocenters. The fourth-order valence-electron chi connectivity index (χ4n) is 1.31. The minimum Gasteiger partial charge on any atom is -0.256 e. The van der Waals surface area contributed by atoms with Crippen molar-refractivity contribution in [3.8, 4) is 0 Å². The highest BCUT2D eigenvalue weighted by atomic mass is 14.6. The van der Waals surface area contributed by atoms with Crippen LogP contribution in [0.15, 0.2) is 36.5 Å². The number of hydrogen-bond acceptors (Lipinski definition) is 1. The maximum atomic E-state index is 4.25. The van der Waals surface area contributed by atoms with Gasteiger partial charge in [0.1, 0.15) is 0 Å². The Bertz CT molecular complexity index is 388. The average Bonchev–Trinajstić information content (AvgIpc) is 2.17. The molecule has 0 saturated heterocycles. The number of benzene rings is 1. The van der Waals surface area contributed by atoms with Gasteiger partial charge in [-0.2, -0.15) is 0 Å². The number of fused-ring (bicyclic) bond motifs is 1. The van der Waals surface area contributed by atoms with Crippen LogP contribution in [0.25, 0.3) is 10.9 Å². The van der Waals surface area contributed by atoms with Crippen molar-refractivity contribution in [1.29, 1.82) is 0 Å². The lowest BCUT2D eigenvalue weighted by atomic mass is 10.1. The monoisotopic (exact) mass is 155 g/mol. The van der Waals surface area contributed by atoms with Gasteiger partial charge in [0.15, 0.2) is 0 Å². The minimum atomic E-state index is 1.03. The molecule has 0 aliphatic carbocycles. The van der Waals surface area contributed by atoms with Crippen LogP contribution >= 0.6 is 0 Å². The maximum absolute atomic E-state index is 4.25. The van der Waals surface area contributed by atoms with E-state index in [0.717, 1.165) is 11.1 Å². The largest absolute Gasteiger partial charge is 0.256 e. The molecule has 12 heavy (non-hydrogen) atoms. The van der Waals surface area contributed by atoms with E-state index in [0.29, 0.717) is 0 Å². The lowest BCUT2D eigenvalue weighted by Crippen LogP contribution is -1.83. The predicted molar refractivity (Wildman–Crippen MR) is 49.8 cm³/mol. The van der Waals surface area contributed by atoms with Gasteiger partial charge in [-0.25, -0.2) is 0 Å². The van der Waals surface area contributed by atoms with Crippen LogP contribution in [0, 0.1) is 6.42 Å². The number of aromatic nitrogens is 1. The van der Waals surface area contributed by atoms with Gasteiger partial charge in [-0.05, 0) is 17.7 Å². The highest BCUT2D eigenvalue weighted by Crippen LogP contribution is 2.16. The molecule has 2 radical (unpaired) electrons. The van der Waals surface area contributed by atoms with E-state index in [-0.39, 0.29) is 0 Å². The minimum absolute atomic E-state index is 1.03. The van der Waals surface area contributed by atoms with Crippen LogP contribution in [-0.4, -0.2) is 4.98 Å². The Hall–Kier alpha value is -1.37. The Labute approximate surface area is 72.1 Å². The molecule has 0 bridgehead atoms. The van der Waals surface area contributed by atoms with E-state index in [2.05, 4.69) is 17.5 Å². The molecule has 0 unspecified atom stereocenters. The quantitative estimate of drug-likeness (QED) is 0.617. The van der Waals surface area contributed by atoms with Gasteiger partial charge in [0, 0.05) is 18.0 Å². The number of rotatable bonds is 1. The zero-order chi connectivity index (χ0) is 8.39. The van der Waals surface area contributed by atoms with Gasteiger partial charge >= 0.3 is 0 Å². The highest BCUT2D eigenvalue weighted by molar-refractivity contribution is 5.82. The first-order valence-electron chi connectivity index (χ1n) is 3.93. The Morgan fingerprint density at radius 1 is 1.17 bits per heavy atom. The van der Waals surface area contributed by atoms with Crippen molar-refractivity contribution in [3.05, 3.63) is 48.5 Å². The maximum Gasteiger partial charge on any atom is 0.0704 e. The Morgan fingerprint density at radius 3 is 2.83 bits per heavy atom. The number of pyridine rings is 1. The second kappa shape index (κ2) is 2.94. The van der Waals surface area contributed by atoms with Gasteiger partial charge in [-0.3, -0.25) is 4.98 Å². The van der Waals surface area contributed by atoms with Gasteiger partial charge in [-0.15, -0.1) is 0 Å². The second-order valence-corrected chi connectivity index (χ2v) is 2.63. The Kier molecular flexibility index (Phi) is 1.78. The van der Waals surface area contributed by atoms with E-state index in [9.17, 15) is 0 Å². The first kappa shape index (κ1) is 7.29. The topological polar surface area (TPSA) is 12.9 Å². The highest BCUT2D eigenvalue weighted by Gasteiger charge is 1.97. The van der Waals surface area contributed by atoms with E-state index in [4.69, 9.17) is 0 Å². The molecule has 1 nitrogen and oxygen atoms in total. The van der Waals surface area contributed by atoms with Crippen LogP contribution in [0.5, 0.6) is 0 Å². The van der Waals surface area contributed by atoms with Gasteiger partial charge in [-0.1, -0.05) is 25.1 Å². The molecule has 0 fully saturated rings. The lowest BCUT2D eigenvalue weighted by molar-refractivity contribution is 1.36. The van der Waals surface area contributed by atoms with Crippen molar-refractivity contribution in [3.63, 3.8) is 0 Å². The summed E-state index contributed by atoms with van der Waals surface area (Å²) in [6, 6.07) is 10.1. The molecule has 1 heterocycles. The lowest BCUT2D eigenvalue weighted by Gasteiger charge is -2.00. The van der Waals surface area contributed by atoms with Crippen LogP contribution in [0.1, 0.15) is 12.5 Å². The molecule has 0 amide bonds. The molecule has 0 aliphatic heterocycles. The third kappa shape index (κ3) is 1.07. The molecule has 0 N–H and O–H groups in total. The smallest absolute Gasteiger partial charge is 0.0704 e. The predicted octanol–water partition coefficient (Wildman–Crippen LogP) is 2.68. The van der Waals surface area contributed by atoms with Crippen LogP contribution < -0.4 is 0 Å². The standard InChI is InChI=1S/C11H9N/c1-2-9-7-8-12-11-6-4-3-5-10(9)11/h3-8H,1H3. The Morgan fingerprint density at radius 2 is 2.00 bits per heavy atom. The zero-order valence-electron chi connectivity index (χ0n) is 6.91. The first-order chi connectivity index (χ1) is 5.92. The average molecular weight is 155 g/mol. The van der Waals surface area contributed by atoms with Crippen molar-refractivity contribution < 1.29 is 0 Å². The van der Waals surface area contributed by atoms with E-state index in [1.165, 1.54) is 5.39 Å². The fraction of sp³-hybridized carbons (Fsp3) is 0.0909. The third-order valence-electron chi connectivity index (χ3n) is 1.92. The summed E-state index contributed by atoms with van der Waals surface area (Å²) in [6.07, 6.45) is 4.94. The van der Waals surface area contributed by atoms with Crippen LogP contribution in [0.3, 0.4) is 0 Å². The second-order valence-electron chi connectivity index (χ2n) is 2.63. The Balaban J connectivity index is 2.79. The molecule has 1 aromatic heterocycles. The summed E-state index contributed by atoms with van der Waals surface area (Å²) in [7, 11) is 0. The van der Waals surface area contributed by atoms with Gasteiger partial charge in [0.2, 0.25) is 0 Å². The van der Waals surface area contributed by atoms with E-state index < -0.39 is 0 Å². The summed E-state index contributed by atoms with van der Waals surface area (Å²) in [4.78, 5) is 4.25. The third-order valence-corrected chi connectivity index (χ3v) is 1.92. The summed E-state index contributed by atoms with van der Waals surface area (Å²) >= 11 is 0. The summed E-state index contributed by atoms with van der Waals surface area (Å²) < 4.78 is 0. The van der Waals surface area contributed by atoms with Gasteiger partial charge in [0.25, 0.3) is 0 Å². The van der Waals surface area contributed by atoms with Crippen molar-refractivity contribution in [2.24, 2.45) is 0 Å². The summed E-state index contributed by atoms with van der Waals surface area (Å²) in [5.74, 6) is 0. The normalized spacial score (nSPS) is 10.4. The van der Waals surface area contributed by atoms with E-state index in [1.807, 2.05) is 37.4 Å². The van der Waals surface area contributed by atoms with Gasteiger partial charge < -0.3 is 0 Å². The molecular weight excluding hydrogens is 146 g/mol. The van der Waals surface area contributed by atoms with E-state index >= 15 is 0 Å². The molecule has 0 saturated carbocycles. The first-order valence-corrected chi connectivity index (χ1v) is 3.93. The summed E-state index contributed by atoms with van der Waals surface area (Å²) in [5, 5.41) is 1.17. The molecule has 0 aliphatic rings. The number of nitrogens with zero attached hydrogens (tertiary/aromatic N) is 1. The summed E-state index contributed by atoms with van der Waals surface area (Å²) in [5.41, 5.74) is 2.16. The summed E-state index contributed by atoms with van der Waals surface area (Å²) in [6.45, 7) is 1.92. The molecule has 1 aromatic carbocycles. The fourth-order valence-corrected chi connectivity index (χ4v) is 1.31. The molecule has 1 heteroatoms. The van der Waals surface area contributed by atoms with Crippen molar-refractivity contribution in [2.45, 2.75) is 6.92 Å². The number of hydrogen-bond donors (Lipinski definition) is 0. The van der Waals surface area contributed by atoms with E-state index in [1.54, 1.807) is 0 Å². The van der Waals surface area contributed by atoms with Crippen molar-refractivity contribution >= 4 is 10.9 Å². The zero-order valence-corrected chi connectivity index (χ0v) is 6.91. The SMILES string of the molecule is C[C]c1ccnc2ccccc12. The van der Waals surface area contributed by atoms with Crippen molar-refractivity contribution in [2.75, 3.05) is 0 Å². The number of para-hydroxylation sites is 1. The molecule has 0 spiro atoms. The molecular formula is C11H9N. The van der Waals surface area contributed by atoms with Gasteiger partial charge in [0.05, 0.1) is 5.52 Å². The molecule has 2 rings (SSSR count). The molecule has 2 aromatic rings. The van der Waals surface area contributed by atoms with Crippen LogP contribution in [0.2, 0.25) is 0 Å². The molecule has 58 valence electrons. The van der Waals surface area contributed by atoms with Crippen LogP contribution in [0.4, 0.5) is 0 Å².